The van der Waals surface area contributed by atoms with Crippen molar-refractivity contribution in [3.8, 4) is 23.0 Å². The summed E-state index contributed by atoms with van der Waals surface area (Å²) in [5.41, 5.74) is 4.78. The van der Waals surface area contributed by atoms with Gasteiger partial charge in [0.15, 0.2) is 34.5 Å². The summed E-state index contributed by atoms with van der Waals surface area (Å²) in [7, 11) is -3.46. The molecule has 74 heavy (non-hydrogen) atoms. The highest BCUT2D eigenvalue weighted by atomic mass is 79.9. The maximum Gasteiger partial charge on any atom is 0.305 e. The Bertz CT molecular complexity index is 2960. The van der Waals surface area contributed by atoms with Gasteiger partial charge >= 0.3 is 11.8 Å². The third-order valence-corrected chi connectivity index (χ3v) is 13.0. The molecule has 0 aliphatic carbocycles. The number of carbonyl (C=O) groups excluding carboxylic acids is 2. The number of hydrogen-bond acceptors (Lipinski definition) is 16. The first-order chi connectivity index (χ1) is 34.9. The number of sulfonamides is 2. The molecule has 4 heterocycles. The number of nitrogens with zero attached hydrogens (tertiary/aromatic N) is 6. The summed E-state index contributed by atoms with van der Waals surface area (Å²) >= 11 is 6.29. The van der Waals surface area contributed by atoms with E-state index < -0.39 is 66.6 Å². The zero-order valence-corrected chi connectivity index (χ0v) is 45.2. The second kappa shape index (κ2) is 25.0. The molecular formula is C44H48Br2F2N12O12S2. The number of alkyl halides is 2. The fourth-order valence-electron chi connectivity index (χ4n) is 6.13. The van der Waals surface area contributed by atoms with Gasteiger partial charge in [0.25, 0.3) is 20.0 Å². The molecule has 2 amide bonds. The quantitative estimate of drug-likeness (QED) is 0.0359. The lowest BCUT2D eigenvalue weighted by Gasteiger charge is -2.19. The Kier molecular flexibility index (Phi) is 19.4. The minimum atomic E-state index is -4.52. The number of halogens is 4. The van der Waals surface area contributed by atoms with Crippen LogP contribution in [0.1, 0.15) is 58.1 Å². The molecule has 2 aromatic carbocycles. The van der Waals surface area contributed by atoms with E-state index in [1.807, 2.05) is 0 Å². The number of amides is 2. The van der Waals surface area contributed by atoms with Crippen LogP contribution in [0.5, 0.6) is 23.0 Å². The van der Waals surface area contributed by atoms with Crippen LogP contribution in [0.2, 0.25) is 0 Å². The van der Waals surface area contributed by atoms with Crippen LogP contribution in [0.15, 0.2) is 112 Å². The monoisotopic (exact) mass is 1200 g/mol. The van der Waals surface area contributed by atoms with Gasteiger partial charge in [-0.1, -0.05) is 12.1 Å². The number of anilines is 2. The van der Waals surface area contributed by atoms with Gasteiger partial charge in [0.05, 0.1) is 37.4 Å². The number of aromatic nitrogens is 4. The number of para-hydroxylation sites is 2. The number of furan rings is 2. The van der Waals surface area contributed by atoms with Crippen molar-refractivity contribution in [3.63, 3.8) is 0 Å². The van der Waals surface area contributed by atoms with Crippen molar-refractivity contribution < 1.29 is 63.0 Å². The molecule has 396 valence electrons. The van der Waals surface area contributed by atoms with E-state index in [0.29, 0.717) is 20.5 Å². The summed E-state index contributed by atoms with van der Waals surface area (Å²) in [6.45, 7) is 5.35. The highest BCUT2D eigenvalue weighted by Gasteiger charge is 2.37. The van der Waals surface area contributed by atoms with E-state index >= 15 is 8.78 Å². The van der Waals surface area contributed by atoms with Crippen LogP contribution >= 0.6 is 31.9 Å². The molecule has 0 fully saturated rings. The third-order valence-electron chi connectivity index (χ3n) is 9.40. The predicted octanol–water partition coefficient (Wildman–Crippen LogP) is 6.15. The Morgan fingerprint density at radius 2 is 0.878 bits per heavy atom. The first-order valence-electron chi connectivity index (χ1n) is 21.1. The summed E-state index contributed by atoms with van der Waals surface area (Å²) in [6.07, 6.45) is 5.18. The topological polar surface area (TPSA) is 314 Å². The van der Waals surface area contributed by atoms with E-state index in [-0.39, 0.29) is 57.5 Å². The number of methoxy groups -OCH3 is 4. The van der Waals surface area contributed by atoms with Crippen LogP contribution < -0.4 is 51.3 Å². The Labute approximate surface area is 439 Å². The van der Waals surface area contributed by atoms with Crippen molar-refractivity contribution in [1.29, 1.82) is 0 Å². The summed E-state index contributed by atoms with van der Waals surface area (Å²) in [4.78, 5) is 40.3. The summed E-state index contributed by atoms with van der Waals surface area (Å²) in [5, 5.41) is 5.45. The van der Waals surface area contributed by atoms with Crippen molar-refractivity contribution in [2.24, 2.45) is 8.80 Å². The second-order valence-electron chi connectivity index (χ2n) is 15.5. The molecule has 30 heteroatoms. The van der Waals surface area contributed by atoms with Gasteiger partial charge in [0.2, 0.25) is 11.9 Å². The van der Waals surface area contributed by atoms with Gasteiger partial charge < -0.3 is 38.4 Å². The first-order valence-corrected chi connectivity index (χ1v) is 25.9. The molecule has 2 atom stereocenters. The molecule has 0 aliphatic heterocycles. The normalized spacial score (nSPS) is 13.4. The van der Waals surface area contributed by atoms with Crippen LogP contribution in [0.3, 0.4) is 0 Å². The van der Waals surface area contributed by atoms with Gasteiger partial charge in [-0.25, -0.2) is 45.6 Å². The standard InChI is InChI=1S/2C22H24BrFN6O6S/c2*1-13-8-9-17(36-13)19(31)28-29-21(27-18-15(34-3)6-5-7-16(18)35-4)30-37(32,33)12-22(2,24)20-25-10-14(23)11-26-20/h2*5-11H,12H2,1-4H3,(H,28,31)(H2,27,29,30)/t2*22-/m10/s1. The zero-order valence-electron chi connectivity index (χ0n) is 40.4. The first kappa shape index (κ1) is 57.5. The number of hydrazine groups is 2. The fourth-order valence-corrected chi connectivity index (χ4v) is 9.03. The van der Waals surface area contributed by atoms with Crippen LogP contribution in [0.4, 0.5) is 20.2 Å². The van der Waals surface area contributed by atoms with Gasteiger partial charge in [0.1, 0.15) is 57.4 Å². The minimum absolute atomic E-state index is 0.0363. The molecule has 0 spiro atoms. The molecule has 6 aromatic rings. The molecule has 4 aromatic heterocycles. The molecule has 6 rings (SSSR count). The summed E-state index contributed by atoms with van der Waals surface area (Å²) in [5.74, 6) is -3.24. The number of benzene rings is 2. The number of ether oxygens (including phenoxy) is 4. The Morgan fingerprint density at radius 3 is 1.15 bits per heavy atom. The van der Waals surface area contributed by atoms with E-state index in [0.717, 1.165) is 13.8 Å². The highest BCUT2D eigenvalue weighted by Crippen LogP contribution is 2.36. The van der Waals surface area contributed by atoms with E-state index in [1.54, 1.807) is 62.4 Å². The lowest BCUT2D eigenvalue weighted by atomic mass is 10.1. The molecule has 0 saturated heterocycles. The molecule has 0 unspecified atom stereocenters. The molecule has 0 radical (unpaired) electrons. The second-order valence-corrected chi connectivity index (χ2v) is 20.6. The average molecular weight is 1200 g/mol. The Morgan fingerprint density at radius 1 is 0.568 bits per heavy atom. The molecule has 6 N–H and O–H groups in total. The van der Waals surface area contributed by atoms with E-state index in [9.17, 15) is 26.4 Å². The highest BCUT2D eigenvalue weighted by molar-refractivity contribution is 9.10. The summed E-state index contributed by atoms with van der Waals surface area (Å²) < 4.78 is 123. The molecular weight excluding hydrogens is 1150 g/mol. The van der Waals surface area contributed by atoms with E-state index in [2.05, 4.69) is 92.9 Å². The summed E-state index contributed by atoms with van der Waals surface area (Å²) in [6, 6.07) is 15.7. The number of carbonyl (C=O) groups is 2. The molecule has 0 saturated carbocycles. The van der Waals surface area contributed by atoms with Gasteiger partial charge in [-0.05, 0) is 108 Å². The van der Waals surface area contributed by atoms with Crippen LogP contribution in [-0.4, -0.2) is 100 Å². The van der Waals surface area contributed by atoms with Crippen LogP contribution in [0, 0.1) is 13.8 Å². The maximum atomic E-state index is 15.4. The van der Waals surface area contributed by atoms with Gasteiger partial charge in [-0.15, -0.1) is 8.80 Å². The Hall–Kier alpha value is -7.44. The van der Waals surface area contributed by atoms with Crippen LogP contribution in [0.25, 0.3) is 0 Å². The number of guanidine groups is 2. The molecule has 0 bridgehead atoms. The maximum absolute atomic E-state index is 15.4. The van der Waals surface area contributed by atoms with Crippen molar-refractivity contribution in [1.82, 2.24) is 41.6 Å². The number of hydrogen-bond donors (Lipinski definition) is 6. The number of nitrogens with one attached hydrogen (secondary N) is 6. The lowest BCUT2D eigenvalue weighted by molar-refractivity contribution is 0.0907. The average Bonchev–Trinajstić information content (AvgIpc) is 3.99. The fraction of sp³-hybridized carbons (Fsp3) is 0.273. The van der Waals surface area contributed by atoms with Crippen molar-refractivity contribution in [2.45, 2.75) is 39.0 Å². The van der Waals surface area contributed by atoms with Gasteiger partial charge in [-0.2, -0.15) is 0 Å². The van der Waals surface area contributed by atoms with Gasteiger partial charge in [-0.3, -0.25) is 31.3 Å². The largest absolute Gasteiger partial charge is 0.494 e. The van der Waals surface area contributed by atoms with Crippen LogP contribution in [-0.2, 0) is 31.4 Å². The number of rotatable bonds is 16. The zero-order chi connectivity index (χ0) is 54.4. The minimum Gasteiger partial charge on any atom is -0.494 e. The van der Waals surface area contributed by atoms with Gasteiger partial charge in [0, 0.05) is 24.8 Å². The smallest absolute Gasteiger partial charge is 0.305 e. The van der Waals surface area contributed by atoms with Crippen molar-refractivity contribution in [3.05, 3.63) is 129 Å². The van der Waals surface area contributed by atoms with E-state index in [4.69, 9.17) is 27.8 Å². The number of aryl methyl sites for hydroxylation is 2. The predicted molar refractivity (Wildman–Crippen MR) is 273 cm³/mol. The molecule has 0 aliphatic rings. The van der Waals surface area contributed by atoms with Crippen molar-refractivity contribution >= 4 is 87.0 Å². The SMILES string of the molecule is COc1cccc(OC)c1NC(=NS(=O)(=O)C[C@@](C)(F)c1ncc(Br)cn1)NNC(=O)c1ccc(C)o1.COc1cccc(OC)c1NC(=NS(=O)(=O)C[C@](C)(F)c1ncc(Br)cn1)NNC(=O)c1ccc(C)o1. The molecule has 24 nitrogen and oxygen atoms in total. The lowest BCUT2D eigenvalue weighted by Crippen LogP contribution is -2.45. The van der Waals surface area contributed by atoms with Crippen molar-refractivity contribution in [2.75, 3.05) is 50.6 Å². The van der Waals surface area contributed by atoms with E-state index in [1.165, 1.54) is 65.4 Å². The Balaban J connectivity index is 0.000000274. The third kappa shape index (κ3) is 16.3.